The van der Waals surface area contributed by atoms with Crippen molar-refractivity contribution < 1.29 is 23.5 Å². The van der Waals surface area contributed by atoms with Crippen molar-refractivity contribution in [2.24, 2.45) is 10.7 Å². The van der Waals surface area contributed by atoms with E-state index in [0.717, 1.165) is 0 Å². The van der Waals surface area contributed by atoms with Crippen LogP contribution >= 0.6 is 27.3 Å². The maximum Gasteiger partial charge on any atom is 0.338 e. The van der Waals surface area contributed by atoms with Crippen molar-refractivity contribution >= 4 is 45.0 Å². The van der Waals surface area contributed by atoms with Gasteiger partial charge in [0.15, 0.2) is 10.8 Å². The normalized spacial score (nSPS) is 21.1. The quantitative estimate of drug-likeness (QED) is 0.506. The maximum atomic E-state index is 13.8. The molecule has 4 rings (SSSR count). The first-order chi connectivity index (χ1) is 16.4. The van der Waals surface area contributed by atoms with Crippen LogP contribution in [0.4, 0.5) is 4.39 Å². The number of hydrogen-bond acceptors (Lipinski definition) is 9. The molecule has 34 heavy (non-hydrogen) atoms. The van der Waals surface area contributed by atoms with Crippen molar-refractivity contribution in [2.75, 3.05) is 32.8 Å². The summed E-state index contributed by atoms with van der Waals surface area (Å²) in [6.45, 7) is 3.35. The predicted octanol–water partition coefficient (Wildman–Crippen LogP) is 2.14. The number of nitrogens with one attached hydrogen (secondary N) is 1. The highest BCUT2D eigenvalue weighted by molar-refractivity contribution is 9.10. The van der Waals surface area contributed by atoms with E-state index in [9.17, 15) is 14.0 Å². The number of aliphatic imine (C=N–C) groups is 1. The molecule has 180 valence electrons. The average molecular weight is 552 g/mol. The molecule has 0 saturated carbocycles. The van der Waals surface area contributed by atoms with E-state index in [2.05, 4.69) is 26.2 Å². The first-order valence-electron chi connectivity index (χ1n) is 10.6. The molecule has 9 nitrogen and oxygen atoms in total. The molecule has 3 N–H and O–H groups in total. The minimum Gasteiger partial charge on any atom is -0.463 e. The second kappa shape index (κ2) is 10.7. The standard InChI is InChI=1S/C22H23BrFN5O4S/c1-2-32-22(31)17-15(10-29-6-7-33-16(11-29)19(25)30)27-20(21-26-5-8-34-21)28-18(17)13-4-3-12(24)9-14(13)23/h3-5,8-9,16,18H,2,6-7,10-11H2,1H3,(H2,25,30)(H,27,28). The number of aromatic nitrogens is 1. The van der Waals surface area contributed by atoms with Crippen molar-refractivity contribution in [3.8, 4) is 0 Å². The molecule has 0 aliphatic carbocycles. The Bertz CT molecular complexity index is 1140. The Balaban J connectivity index is 1.79. The maximum absolute atomic E-state index is 13.8. The van der Waals surface area contributed by atoms with Crippen molar-refractivity contribution in [1.29, 1.82) is 0 Å². The molecule has 1 aromatic carbocycles. The number of thiazole rings is 1. The summed E-state index contributed by atoms with van der Waals surface area (Å²) in [5.74, 6) is -1.01. The number of esters is 1. The van der Waals surface area contributed by atoms with Gasteiger partial charge in [0.05, 0.1) is 18.8 Å². The van der Waals surface area contributed by atoms with E-state index < -0.39 is 29.8 Å². The van der Waals surface area contributed by atoms with Gasteiger partial charge in [-0.2, -0.15) is 0 Å². The molecule has 2 unspecified atom stereocenters. The van der Waals surface area contributed by atoms with Crippen LogP contribution in [-0.2, 0) is 19.1 Å². The van der Waals surface area contributed by atoms with Gasteiger partial charge >= 0.3 is 5.97 Å². The van der Waals surface area contributed by atoms with E-state index in [1.807, 2.05) is 10.3 Å². The molecule has 12 heteroatoms. The summed E-state index contributed by atoms with van der Waals surface area (Å²) in [6, 6.07) is 3.48. The van der Waals surface area contributed by atoms with Crippen LogP contribution < -0.4 is 11.1 Å². The van der Waals surface area contributed by atoms with Crippen LogP contribution in [0, 0.1) is 5.82 Å². The number of rotatable bonds is 7. The van der Waals surface area contributed by atoms with E-state index in [0.29, 0.717) is 51.8 Å². The number of halogens is 2. The number of carbonyl (C=O) groups excluding carboxylic acids is 2. The number of benzene rings is 1. The molecular weight excluding hydrogens is 529 g/mol. The zero-order chi connectivity index (χ0) is 24.2. The molecular formula is C22H23BrFN5O4S. The number of morpholine rings is 1. The second-order valence-electron chi connectivity index (χ2n) is 7.62. The number of ether oxygens (including phenoxy) is 2. The van der Waals surface area contributed by atoms with E-state index >= 15 is 0 Å². The first-order valence-corrected chi connectivity index (χ1v) is 12.3. The van der Waals surface area contributed by atoms with Crippen LogP contribution in [0.15, 0.2) is 50.5 Å². The summed E-state index contributed by atoms with van der Waals surface area (Å²) in [5.41, 5.74) is 6.91. The third kappa shape index (κ3) is 5.35. The molecule has 1 amide bonds. The zero-order valence-corrected chi connectivity index (χ0v) is 20.7. The molecule has 1 aromatic heterocycles. The van der Waals surface area contributed by atoms with Crippen LogP contribution in [0.25, 0.3) is 0 Å². The van der Waals surface area contributed by atoms with Crippen LogP contribution in [0.1, 0.15) is 23.5 Å². The second-order valence-corrected chi connectivity index (χ2v) is 9.37. The van der Waals surface area contributed by atoms with Gasteiger partial charge in [0.2, 0.25) is 5.91 Å². The van der Waals surface area contributed by atoms with Gasteiger partial charge in [0.1, 0.15) is 18.0 Å². The Morgan fingerprint density at radius 2 is 2.26 bits per heavy atom. The van der Waals surface area contributed by atoms with Gasteiger partial charge in [0, 0.05) is 41.4 Å². The molecule has 0 bridgehead atoms. The van der Waals surface area contributed by atoms with Gasteiger partial charge in [-0.3, -0.25) is 14.7 Å². The van der Waals surface area contributed by atoms with Gasteiger partial charge in [-0.15, -0.1) is 11.3 Å². The number of amidine groups is 1. The van der Waals surface area contributed by atoms with E-state index in [-0.39, 0.29) is 13.2 Å². The van der Waals surface area contributed by atoms with E-state index in [4.69, 9.17) is 20.2 Å². The van der Waals surface area contributed by atoms with Gasteiger partial charge in [0.25, 0.3) is 0 Å². The number of hydrogen-bond donors (Lipinski definition) is 2. The molecule has 3 heterocycles. The minimum atomic E-state index is -0.767. The summed E-state index contributed by atoms with van der Waals surface area (Å²) in [5, 5.41) is 5.72. The Hall–Kier alpha value is -2.67. The smallest absolute Gasteiger partial charge is 0.338 e. The number of carbonyl (C=O) groups is 2. The fourth-order valence-corrected chi connectivity index (χ4v) is 4.96. The fraction of sp³-hybridized carbons (Fsp3) is 0.364. The van der Waals surface area contributed by atoms with E-state index in [1.165, 1.54) is 23.5 Å². The Morgan fingerprint density at radius 3 is 2.94 bits per heavy atom. The Kier molecular flexibility index (Phi) is 7.71. The lowest BCUT2D eigenvalue weighted by Crippen LogP contribution is -2.50. The lowest BCUT2D eigenvalue weighted by Gasteiger charge is -2.34. The van der Waals surface area contributed by atoms with E-state index in [1.54, 1.807) is 19.2 Å². The van der Waals surface area contributed by atoms with Gasteiger partial charge in [-0.1, -0.05) is 22.0 Å². The third-order valence-corrected chi connectivity index (χ3v) is 6.83. The summed E-state index contributed by atoms with van der Waals surface area (Å²) in [6.07, 6.45) is 0.926. The number of nitrogens with zero attached hydrogens (tertiary/aromatic N) is 3. The van der Waals surface area contributed by atoms with Gasteiger partial charge < -0.3 is 20.5 Å². The molecule has 2 aliphatic rings. The van der Waals surface area contributed by atoms with Crippen LogP contribution in [-0.4, -0.2) is 66.5 Å². The highest BCUT2D eigenvalue weighted by atomic mass is 79.9. The van der Waals surface area contributed by atoms with Crippen LogP contribution in [0.5, 0.6) is 0 Å². The molecule has 0 spiro atoms. The van der Waals surface area contributed by atoms with Gasteiger partial charge in [-0.05, 0) is 24.6 Å². The van der Waals surface area contributed by atoms with Gasteiger partial charge in [-0.25, -0.2) is 14.2 Å². The third-order valence-electron chi connectivity index (χ3n) is 5.36. The number of primary amides is 1. The highest BCUT2D eigenvalue weighted by Crippen LogP contribution is 2.37. The average Bonchev–Trinajstić information content (AvgIpc) is 3.34. The van der Waals surface area contributed by atoms with Crippen LogP contribution in [0.2, 0.25) is 0 Å². The molecule has 1 fully saturated rings. The largest absolute Gasteiger partial charge is 0.463 e. The zero-order valence-electron chi connectivity index (χ0n) is 18.3. The van der Waals surface area contributed by atoms with Crippen molar-refractivity contribution in [3.05, 3.63) is 61.9 Å². The summed E-state index contributed by atoms with van der Waals surface area (Å²) in [7, 11) is 0. The SMILES string of the molecule is CCOC(=O)C1=C(CN2CCOC(C(N)=O)C2)NC(c2nccs2)=NC1c1ccc(F)cc1Br. The molecule has 0 radical (unpaired) electrons. The molecule has 1 saturated heterocycles. The topological polar surface area (TPSA) is 119 Å². The summed E-state index contributed by atoms with van der Waals surface area (Å²) in [4.78, 5) is 35.9. The summed E-state index contributed by atoms with van der Waals surface area (Å²) < 4.78 is 25.1. The van der Waals surface area contributed by atoms with Crippen molar-refractivity contribution in [3.63, 3.8) is 0 Å². The number of nitrogens with two attached hydrogens (primary N) is 1. The fourth-order valence-electron chi connectivity index (χ4n) is 3.81. The molecule has 2 aromatic rings. The molecule has 2 aliphatic heterocycles. The van der Waals surface area contributed by atoms with Crippen molar-refractivity contribution in [2.45, 2.75) is 19.1 Å². The molecule has 2 atom stereocenters. The Morgan fingerprint density at radius 1 is 1.44 bits per heavy atom. The van der Waals surface area contributed by atoms with Crippen LogP contribution in [0.3, 0.4) is 0 Å². The monoisotopic (exact) mass is 551 g/mol. The predicted molar refractivity (Wildman–Crippen MR) is 128 cm³/mol. The van der Waals surface area contributed by atoms with Crippen molar-refractivity contribution in [1.82, 2.24) is 15.2 Å². The lowest BCUT2D eigenvalue weighted by molar-refractivity contribution is -0.139. The summed E-state index contributed by atoms with van der Waals surface area (Å²) >= 11 is 4.81. The highest BCUT2D eigenvalue weighted by Gasteiger charge is 2.35. The minimum absolute atomic E-state index is 0.178. The lowest BCUT2D eigenvalue weighted by atomic mass is 9.95. The Labute approximate surface area is 208 Å². The number of amides is 1. The first kappa shape index (κ1) is 24.5.